The minimum absolute atomic E-state index is 0.107. The highest BCUT2D eigenvalue weighted by molar-refractivity contribution is 5.75. The van der Waals surface area contributed by atoms with Gasteiger partial charge in [0.15, 0.2) is 5.96 Å². The number of rotatable bonds is 3. The van der Waals surface area contributed by atoms with Crippen molar-refractivity contribution in [1.29, 1.82) is 5.41 Å². The summed E-state index contributed by atoms with van der Waals surface area (Å²) in [5, 5.41) is 9.09. The van der Waals surface area contributed by atoms with Gasteiger partial charge in [-0.05, 0) is 0 Å². The Balaban J connectivity index is 3.20. The van der Waals surface area contributed by atoms with Crippen LogP contribution in [0.25, 0.3) is 0 Å². The van der Waals surface area contributed by atoms with E-state index < -0.39 is 5.97 Å². The van der Waals surface area contributed by atoms with Gasteiger partial charge in [-0.25, -0.2) is 0 Å². The quantitative estimate of drug-likeness (QED) is 0.215. The standard InChI is InChI=1S/C4H10N4O2/c5-4(6)8-2-1-3(9)10-7/h1-2,7H2,(H4,5,6,8). The Morgan fingerprint density at radius 3 is 2.70 bits per heavy atom. The van der Waals surface area contributed by atoms with Crippen LogP contribution in [0.4, 0.5) is 0 Å². The van der Waals surface area contributed by atoms with Gasteiger partial charge in [0.25, 0.3) is 0 Å². The van der Waals surface area contributed by atoms with Gasteiger partial charge in [-0.2, -0.15) is 5.90 Å². The van der Waals surface area contributed by atoms with E-state index in [2.05, 4.69) is 16.1 Å². The summed E-state index contributed by atoms with van der Waals surface area (Å²) in [6, 6.07) is 0. The minimum atomic E-state index is -0.534. The van der Waals surface area contributed by atoms with Gasteiger partial charge >= 0.3 is 5.97 Å². The summed E-state index contributed by atoms with van der Waals surface area (Å²) in [5.41, 5.74) is 4.91. The number of hydrogen-bond acceptors (Lipinski definition) is 4. The average molecular weight is 146 g/mol. The predicted octanol–water partition coefficient (Wildman–Crippen LogP) is -1.72. The van der Waals surface area contributed by atoms with E-state index in [1.807, 2.05) is 0 Å². The molecule has 0 aromatic rings. The van der Waals surface area contributed by atoms with Gasteiger partial charge in [0.2, 0.25) is 0 Å². The lowest BCUT2D eigenvalue weighted by Crippen LogP contribution is -2.32. The summed E-state index contributed by atoms with van der Waals surface area (Å²) in [7, 11) is 0. The topological polar surface area (TPSA) is 114 Å². The highest BCUT2D eigenvalue weighted by Gasteiger charge is 1.98. The molecule has 0 heterocycles. The summed E-state index contributed by atoms with van der Waals surface area (Å²) in [6.07, 6.45) is 0.107. The van der Waals surface area contributed by atoms with Crippen molar-refractivity contribution in [3.05, 3.63) is 0 Å². The van der Waals surface area contributed by atoms with Crippen molar-refractivity contribution in [3.63, 3.8) is 0 Å². The molecule has 0 saturated heterocycles. The van der Waals surface area contributed by atoms with Crippen LogP contribution in [0.2, 0.25) is 0 Å². The monoisotopic (exact) mass is 146 g/mol. The van der Waals surface area contributed by atoms with Crippen LogP contribution in [0.5, 0.6) is 0 Å². The van der Waals surface area contributed by atoms with Gasteiger partial charge in [-0.1, -0.05) is 0 Å². The smallest absolute Gasteiger partial charge is 0.326 e. The molecule has 0 saturated carbocycles. The van der Waals surface area contributed by atoms with Crippen molar-refractivity contribution in [1.82, 2.24) is 5.32 Å². The van der Waals surface area contributed by atoms with Crippen LogP contribution in [-0.2, 0) is 9.63 Å². The molecule has 0 aromatic heterocycles. The molecule has 0 aromatic carbocycles. The van der Waals surface area contributed by atoms with E-state index in [0.717, 1.165) is 0 Å². The Kier molecular flexibility index (Phi) is 3.97. The first kappa shape index (κ1) is 8.70. The molecule has 0 rings (SSSR count). The Hall–Kier alpha value is -1.30. The van der Waals surface area contributed by atoms with E-state index in [9.17, 15) is 4.79 Å². The zero-order valence-electron chi connectivity index (χ0n) is 5.39. The second-order valence-corrected chi connectivity index (χ2v) is 1.58. The molecule has 0 aliphatic carbocycles. The first-order chi connectivity index (χ1) is 4.66. The zero-order valence-corrected chi connectivity index (χ0v) is 5.39. The van der Waals surface area contributed by atoms with E-state index in [-0.39, 0.29) is 18.9 Å². The van der Waals surface area contributed by atoms with Gasteiger partial charge in [-0.3, -0.25) is 10.2 Å². The molecule has 0 radical (unpaired) electrons. The molecule has 0 aliphatic rings. The maximum atomic E-state index is 10.3. The van der Waals surface area contributed by atoms with Crippen molar-refractivity contribution in [3.8, 4) is 0 Å². The van der Waals surface area contributed by atoms with Gasteiger partial charge in [-0.15, -0.1) is 0 Å². The van der Waals surface area contributed by atoms with Gasteiger partial charge in [0, 0.05) is 6.54 Å². The Morgan fingerprint density at radius 1 is 1.70 bits per heavy atom. The van der Waals surface area contributed by atoms with Crippen molar-refractivity contribution in [2.24, 2.45) is 11.6 Å². The van der Waals surface area contributed by atoms with E-state index in [1.165, 1.54) is 0 Å². The van der Waals surface area contributed by atoms with E-state index >= 15 is 0 Å². The van der Waals surface area contributed by atoms with E-state index in [4.69, 9.17) is 11.1 Å². The normalized spacial score (nSPS) is 8.50. The number of guanidine groups is 1. The number of nitrogens with one attached hydrogen (secondary N) is 2. The lowest BCUT2D eigenvalue weighted by atomic mass is 10.4. The summed E-state index contributed by atoms with van der Waals surface area (Å²) in [5.74, 6) is 3.82. The van der Waals surface area contributed by atoms with Crippen molar-refractivity contribution in [2.75, 3.05) is 6.54 Å². The van der Waals surface area contributed by atoms with Crippen LogP contribution in [-0.4, -0.2) is 18.5 Å². The minimum Gasteiger partial charge on any atom is -0.373 e. The molecule has 0 unspecified atom stereocenters. The first-order valence-electron chi connectivity index (χ1n) is 2.64. The second-order valence-electron chi connectivity index (χ2n) is 1.58. The fourth-order valence-corrected chi connectivity index (χ4v) is 0.358. The Bertz CT molecular complexity index is 135. The maximum absolute atomic E-state index is 10.3. The summed E-state index contributed by atoms with van der Waals surface area (Å²) >= 11 is 0. The molecule has 0 amide bonds. The van der Waals surface area contributed by atoms with Crippen LogP contribution in [0, 0.1) is 5.41 Å². The van der Waals surface area contributed by atoms with Crippen molar-refractivity contribution in [2.45, 2.75) is 6.42 Å². The molecule has 0 fully saturated rings. The highest BCUT2D eigenvalue weighted by atomic mass is 16.7. The van der Waals surface area contributed by atoms with Gasteiger partial charge in [0.05, 0.1) is 6.42 Å². The largest absolute Gasteiger partial charge is 0.373 e. The maximum Gasteiger partial charge on any atom is 0.326 e. The third-order valence-electron chi connectivity index (χ3n) is 0.776. The molecule has 6 N–H and O–H groups in total. The van der Waals surface area contributed by atoms with Crippen LogP contribution < -0.4 is 16.9 Å². The third-order valence-corrected chi connectivity index (χ3v) is 0.776. The van der Waals surface area contributed by atoms with Crippen molar-refractivity contribution >= 4 is 11.9 Å². The number of carbonyl (C=O) groups excluding carboxylic acids is 1. The number of nitrogens with two attached hydrogens (primary N) is 2. The van der Waals surface area contributed by atoms with Crippen LogP contribution in [0.3, 0.4) is 0 Å². The number of carbonyl (C=O) groups is 1. The molecule has 58 valence electrons. The molecule has 0 bridgehead atoms. The van der Waals surface area contributed by atoms with Crippen LogP contribution >= 0.6 is 0 Å². The predicted molar refractivity (Wildman–Crippen MR) is 34.8 cm³/mol. The molecule has 6 heteroatoms. The average Bonchev–Trinajstić information content (AvgIpc) is 1.87. The molecular formula is C4H10N4O2. The molecule has 6 nitrogen and oxygen atoms in total. The Labute approximate surface area is 58.0 Å². The summed E-state index contributed by atoms with van der Waals surface area (Å²) < 4.78 is 0. The van der Waals surface area contributed by atoms with Crippen LogP contribution in [0.1, 0.15) is 6.42 Å². The fourth-order valence-electron chi connectivity index (χ4n) is 0.358. The molecule has 0 aliphatic heterocycles. The fraction of sp³-hybridized carbons (Fsp3) is 0.500. The lowest BCUT2D eigenvalue weighted by Gasteiger charge is -2.00. The second kappa shape index (κ2) is 4.57. The summed E-state index contributed by atoms with van der Waals surface area (Å²) in [6.45, 7) is 0.269. The highest BCUT2D eigenvalue weighted by Crippen LogP contribution is 1.77. The molecular weight excluding hydrogens is 136 g/mol. The van der Waals surface area contributed by atoms with E-state index in [0.29, 0.717) is 0 Å². The third kappa shape index (κ3) is 4.85. The Morgan fingerprint density at radius 2 is 2.30 bits per heavy atom. The lowest BCUT2D eigenvalue weighted by molar-refractivity contribution is -0.143. The SMILES string of the molecule is N=C(N)NCCC(=O)ON. The molecule has 10 heavy (non-hydrogen) atoms. The van der Waals surface area contributed by atoms with Gasteiger partial charge in [0.1, 0.15) is 0 Å². The van der Waals surface area contributed by atoms with Crippen LogP contribution in [0.15, 0.2) is 0 Å². The van der Waals surface area contributed by atoms with E-state index in [1.54, 1.807) is 0 Å². The summed E-state index contributed by atoms with van der Waals surface area (Å²) in [4.78, 5) is 14.1. The molecule has 0 atom stereocenters. The molecule has 0 spiro atoms. The first-order valence-corrected chi connectivity index (χ1v) is 2.64. The zero-order chi connectivity index (χ0) is 7.98. The number of hydrogen-bond donors (Lipinski definition) is 4. The van der Waals surface area contributed by atoms with Crippen molar-refractivity contribution < 1.29 is 9.63 Å². The van der Waals surface area contributed by atoms with Gasteiger partial charge < -0.3 is 15.9 Å².